The van der Waals surface area contributed by atoms with E-state index < -0.39 is 0 Å². The highest BCUT2D eigenvalue weighted by molar-refractivity contribution is 7.08. The maximum atomic E-state index is 12.0. The van der Waals surface area contributed by atoms with Gasteiger partial charge in [0.2, 0.25) is 5.91 Å². The lowest BCUT2D eigenvalue weighted by atomic mass is 10.2. The van der Waals surface area contributed by atoms with E-state index >= 15 is 0 Å². The molecule has 0 saturated carbocycles. The van der Waals surface area contributed by atoms with E-state index in [0.717, 1.165) is 0 Å². The molecule has 1 heterocycles. The van der Waals surface area contributed by atoms with Crippen LogP contribution in [0.3, 0.4) is 0 Å². The Morgan fingerprint density at radius 3 is 2.67 bits per heavy atom. The predicted octanol–water partition coefficient (Wildman–Crippen LogP) is 2.91. The number of amides is 2. The first kappa shape index (κ1) is 17.8. The zero-order chi connectivity index (χ0) is 17.4. The van der Waals surface area contributed by atoms with E-state index in [0.29, 0.717) is 42.1 Å². The van der Waals surface area contributed by atoms with Crippen LogP contribution < -0.4 is 20.1 Å². The molecule has 0 spiro atoms. The fourth-order valence-electron chi connectivity index (χ4n) is 2.06. The van der Waals surface area contributed by atoms with E-state index in [-0.39, 0.29) is 11.8 Å². The van der Waals surface area contributed by atoms with E-state index in [9.17, 15) is 9.59 Å². The van der Waals surface area contributed by atoms with Gasteiger partial charge in [-0.05, 0) is 30.0 Å². The van der Waals surface area contributed by atoms with Crippen molar-refractivity contribution < 1.29 is 19.1 Å². The molecule has 7 heteroatoms. The molecule has 0 aliphatic carbocycles. The summed E-state index contributed by atoms with van der Waals surface area (Å²) in [5.41, 5.74) is 1.23. The SMILES string of the molecule is COc1ccc(NC(=O)CCCNC(=O)c2ccsc2)c(OC)c1. The van der Waals surface area contributed by atoms with E-state index in [1.807, 2.05) is 5.38 Å². The summed E-state index contributed by atoms with van der Waals surface area (Å²) >= 11 is 1.47. The van der Waals surface area contributed by atoms with Gasteiger partial charge in [0.1, 0.15) is 11.5 Å². The van der Waals surface area contributed by atoms with Crippen LogP contribution in [0.1, 0.15) is 23.2 Å². The first-order chi connectivity index (χ1) is 11.6. The molecule has 0 bridgehead atoms. The number of anilines is 1. The van der Waals surface area contributed by atoms with Gasteiger partial charge >= 0.3 is 0 Å². The second-order valence-corrected chi connectivity index (χ2v) is 5.77. The Morgan fingerprint density at radius 1 is 1.17 bits per heavy atom. The molecule has 0 aliphatic rings. The molecule has 0 aliphatic heterocycles. The van der Waals surface area contributed by atoms with Crippen molar-refractivity contribution in [1.29, 1.82) is 0 Å². The summed E-state index contributed by atoms with van der Waals surface area (Å²) in [4.78, 5) is 23.8. The van der Waals surface area contributed by atoms with Crippen molar-refractivity contribution in [2.45, 2.75) is 12.8 Å². The molecular weight excluding hydrogens is 328 g/mol. The van der Waals surface area contributed by atoms with Crippen molar-refractivity contribution in [3.8, 4) is 11.5 Å². The van der Waals surface area contributed by atoms with Crippen LogP contribution in [0, 0.1) is 0 Å². The van der Waals surface area contributed by atoms with Crippen LogP contribution >= 0.6 is 11.3 Å². The number of benzene rings is 1. The third-order valence-electron chi connectivity index (χ3n) is 3.33. The van der Waals surface area contributed by atoms with Crippen LogP contribution in [-0.2, 0) is 4.79 Å². The zero-order valence-electron chi connectivity index (χ0n) is 13.6. The second-order valence-electron chi connectivity index (χ2n) is 4.99. The van der Waals surface area contributed by atoms with E-state index in [2.05, 4.69) is 10.6 Å². The number of nitrogens with one attached hydrogen (secondary N) is 2. The van der Waals surface area contributed by atoms with E-state index in [4.69, 9.17) is 9.47 Å². The highest BCUT2D eigenvalue weighted by Gasteiger charge is 2.09. The molecule has 1 aromatic carbocycles. The number of methoxy groups -OCH3 is 2. The van der Waals surface area contributed by atoms with Gasteiger partial charge in [-0.1, -0.05) is 0 Å². The number of thiophene rings is 1. The monoisotopic (exact) mass is 348 g/mol. The third-order valence-corrected chi connectivity index (χ3v) is 4.02. The Kier molecular flexibility index (Phi) is 6.62. The minimum atomic E-state index is -0.136. The first-order valence-corrected chi connectivity index (χ1v) is 8.40. The van der Waals surface area contributed by atoms with Gasteiger partial charge in [-0.3, -0.25) is 9.59 Å². The standard InChI is InChI=1S/C17H20N2O4S/c1-22-13-5-6-14(15(10-13)23-2)19-16(20)4-3-8-18-17(21)12-7-9-24-11-12/h5-7,9-11H,3-4,8H2,1-2H3,(H,18,21)(H,19,20). The van der Waals surface area contributed by atoms with Gasteiger partial charge in [-0.15, -0.1) is 0 Å². The minimum absolute atomic E-state index is 0.117. The quantitative estimate of drug-likeness (QED) is 0.719. The fraction of sp³-hybridized carbons (Fsp3) is 0.294. The highest BCUT2D eigenvalue weighted by Crippen LogP contribution is 2.29. The first-order valence-electron chi connectivity index (χ1n) is 7.46. The van der Waals surface area contributed by atoms with Gasteiger partial charge < -0.3 is 20.1 Å². The molecule has 0 unspecified atom stereocenters. The average molecular weight is 348 g/mol. The Hall–Kier alpha value is -2.54. The summed E-state index contributed by atoms with van der Waals surface area (Å²) in [5, 5.41) is 9.23. The summed E-state index contributed by atoms with van der Waals surface area (Å²) in [5.74, 6) is 0.936. The molecule has 2 amide bonds. The average Bonchev–Trinajstić information content (AvgIpc) is 3.13. The maximum absolute atomic E-state index is 12.0. The number of ether oxygens (including phenoxy) is 2. The lowest BCUT2D eigenvalue weighted by molar-refractivity contribution is -0.116. The van der Waals surface area contributed by atoms with Crippen LogP contribution in [0.15, 0.2) is 35.0 Å². The molecule has 2 N–H and O–H groups in total. The Balaban J connectivity index is 1.76. The lowest BCUT2D eigenvalue weighted by Gasteiger charge is -2.11. The number of hydrogen-bond acceptors (Lipinski definition) is 5. The van der Waals surface area contributed by atoms with Gasteiger partial charge in [0.25, 0.3) is 5.91 Å². The number of carbonyl (C=O) groups excluding carboxylic acids is 2. The Bertz CT molecular complexity index is 686. The summed E-state index contributed by atoms with van der Waals surface area (Å²) in [6, 6.07) is 6.95. The van der Waals surface area contributed by atoms with Crippen molar-refractivity contribution in [3.63, 3.8) is 0 Å². The van der Waals surface area contributed by atoms with Gasteiger partial charge in [-0.2, -0.15) is 11.3 Å². The van der Waals surface area contributed by atoms with Crippen molar-refractivity contribution in [1.82, 2.24) is 5.32 Å². The van der Waals surface area contributed by atoms with Gasteiger partial charge in [0.05, 0.1) is 19.9 Å². The molecule has 2 rings (SSSR count). The minimum Gasteiger partial charge on any atom is -0.497 e. The topological polar surface area (TPSA) is 76.7 Å². The molecular formula is C17H20N2O4S. The van der Waals surface area contributed by atoms with Crippen LogP contribution in [-0.4, -0.2) is 32.6 Å². The number of carbonyl (C=O) groups is 2. The third kappa shape index (κ3) is 4.99. The van der Waals surface area contributed by atoms with Crippen LogP contribution in [0.4, 0.5) is 5.69 Å². The summed E-state index contributed by atoms with van der Waals surface area (Å²) < 4.78 is 10.4. The molecule has 1 aromatic heterocycles. The largest absolute Gasteiger partial charge is 0.497 e. The Morgan fingerprint density at radius 2 is 2.00 bits per heavy atom. The van der Waals surface area contributed by atoms with Crippen molar-refractivity contribution in [2.24, 2.45) is 0 Å². The molecule has 2 aromatic rings. The Labute approximate surface area is 144 Å². The van der Waals surface area contributed by atoms with Gasteiger partial charge in [0, 0.05) is 30.0 Å². The summed E-state index contributed by atoms with van der Waals surface area (Å²) in [6.45, 7) is 0.446. The van der Waals surface area contributed by atoms with Crippen LogP contribution in [0.25, 0.3) is 0 Å². The number of rotatable bonds is 8. The zero-order valence-corrected chi connectivity index (χ0v) is 14.4. The summed E-state index contributed by atoms with van der Waals surface area (Å²) in [6.07, 6.45) is 0.860. The molecule has 0 saturated heterocycles. The van der Waals surface area contributed by atoms with Crippen molar-refractivity contribution >= 4 is 28.8 Å². The van der Waals surface area contributed by atoms with E-state index in [1.54, 1.807) is 36.8 Å². The molecule has 6 nitrogen and oxygen atoms in total. The van der Waals surface area contributed by atoms with Gasteiger partial charge in [0.15, 0.2) is 0 Å². The molecule has 0 atom stereocenters. The van der Waals surface area contributed by atoms with Gasteiger partial charge in [-0.25, -0.2) is 0 Å². The van der Waals surface area contributed by atoms with Crippen molar-refractivity contribution in [3.05, 3.63) is 40.6 Å². The lowest BCUT2D eigenvalue weighted by Crippen LogP contribution is -2.25. The smallest absolute Gasteiger partial charge is 0.252 e. The fourth-order valence-corrected chi connectivity index (χ4v) is 2.70. The molecule has 24 heavy (non-hydrogen) atoms. The van der Waals surface area contributed by atoms with Crippen LogP contribution in [0.5, 0.6) is 11.5 Å². The van der Waals surface area contributed by atoms with Crippen molar-refractivity contribution in [2.75, 3.05) is 26.1 Å². The second kappa shape index (κ2) is 8.93. The molecule has 0 radical (unpaired) electrons. The predicted molar refractivity (Wildman–Crippen MR) is 94.1 cm³/mol. The summed E-state index contributed by atoms with van der Waals surface area (Å²) in [7, 11) is 3.10. The maximum Gasteiger partial charge on any atom is 0.252 e. The highest BCUT2D eigenvalue weighted by atomic mass is 32.1. The van der Waals surface area contributed by atoms with Crippen LogP contribution in [0.2, 0.25) is 0 Å². The van der Waals surface area contributed by atoms with E-state index in [1.165, 1.54) is 18.4 Å². The molecule has 128 valence electrons. The molecule has 0 fully saturated rings. The normalized spacial score (nSPS) is 10.1. The number of hydrogen-bond donors (Lipinski definition) is 2.